The highest BCUT2D eigenvalue weighted by Crippen LogP contribution is 2.35. The quantitative estimate of drug-likeness (QED) is 0.888. The molecule has 0 amide bonds. The number of aliphatic imine (C=N–C) groups is 1. The number of nitrogens with zero attached hydrogens (tertiary/aromatic N) is 1. The van der Waals surface area contributed by atoms with Gasteiger partial charge in [0.2, 0.25) is 0 Å². The van der Waals surface area contributed by atoms with E-state index in [4.69, 9.17) is 9.47 Å². The molecular formula is C17H25N3O2. The average Bonchev–Trinajstić information content (AvgIpc) is 2.99. The molecule has 22 heavy (non-hydrogen) atoms. The Morgan fingerprint density at radius 2 is 2.05 bits per heavy atom. The Kier molecular flexibility index (Phi) is 4.52. The van der Waals surface area contributed by atoms with Crippen molar-refractivity contribution in [2.45, 2.75) is 31.2 Å². The van der Waals surface area contributed by atoms with E-state index in [1.807, 2.05) is 12.1 Å². The van der Waals surface area contributed by atoms with Gasteiger partial charge in [0.1, 0.15) is 5.75 Å². The lowest BCUT2D eigenvalue weighted by molar-refractivity contribution is 0.0514. The highest BCUT2D eigenvalue weighted by molar-refractivity contribution is 5.81. The minimum absolute atomic E-state index is 0.0978. The van der Waals surface area contributed by atoms with Crippen LogP contribution in [0.3, 0.4) is 0 Å². The summed E-state index contributed by atoms with van der Waals surface area (Å²) in [5.41, 5.74) is 1.44. The van der Waals surface area contributed by atoms with Crippen LogP contribution < -0.4 is 15.4 Å². The minimum Gasteiger partial charge on any atom is -0.497 e. The lowest BCUT2D eigenvalue weighted by atomic mass is 9.74. The minimum atomic E-state index is 0.0978. The molecule has 5 heteroatoms. The Bertz CT molecular complexity index is 521. The summed E-state index contributed by atoms with van der Waals surface area (Å²) in [5, 5.41) is 6.87. The first-order chi connectivity index (χ1) is 10.7. The molecule has 2 aliphatic heterocycles. The molecule has 5 nitrogen and oxygen atoms in total. The molecule has 0 bridgehead atoms. The van der Waals surface area contributed by atoms with E-state index < -0.39 is 0 Å². The maximum absolute atomic E-state index is 5.58. The number of hydrogen-bond donors (Lipinski definition) is 2. The standard InChI is InChI=1S/C17H25N3O2/c1-13-11-18-16(20-13)19-12-17(7-9-22-10-8-17)14-3-5-15(21-2)6-4-14/h3-6,13H,7-12H2,1-2H3,(H2,18,19,20). The van der Waals surface area contributed by atoms with Crippen LogP contribution in [0.2, 0.25) is 0 Å². The number of hydrogen-bond acceptors (Lipinski definition) is 5. The molecule has 0 spiro atoms. The van der Waals surface area contributed by atoms with Gasteiger partial charge in [-0.05, 0) is 37.5 Å². The van der Waals surface area contributed by atoms with Crippen LogP contribution in [0.5, 0.6) is 5.75 Å². The van der Waals surface area contributed by atoms with Crippen molar-refractivity contribution in [2.24, 2.45) is 4.99 Å². The fraction of sp³-hybridized carbons (Fsp3) is 0.588. The molecule has 1 aromatic carbocycles. The first kappa shape index (κ1) is 15.2. The van der Waals surface area contributed by atoms with Gasteiger partial charge in [-0.15, -0.1) is 0 Å². The van der Waals surface area contributed by atoms with Crippen LogP contribution >= 0.6 is 0 Å². The van der Waals surface area contributed by atoms with Gasteiger partial charge in [-0.3, -0.25) is 4.99 Å². The third kappa shape index (κ3) is 3.19. The van der Waals surface area contributed by atoms with Crippen molar-refractivity contribution in [1.29, 1.82) is 0 Å². The number of ether oxygens (including phenoxy) is 2. The normalized spacial score (nSPS) is 23.5. The number of methoxy groups -OCH3 is 1. The Balaban J connectivity index is 1.75. The van der Waals surface area contributed by atoms with Crippen LogP contribution in [-0.4, -0.2) is 45.4 Å². The molecule has 0 aliphatic carbocycles. The SMILES string of the molecule is COc1ccc(C2(CNC3=NCC(C)N3)CCOCC2)cc1. The van der Waals surface area contributed by atoms with E-state index in [0.29, 0.717) is 6.04 Å². The topological polar surface area (TPSA) is 54.9 Å². The fourth-order valence-corrected chi connectivity index (χ4v) is 3.19. The van der Waals surface area contributed by atoms with Crippen molar-refractivity contribution < 1.29 is 9.47 Å². The van der Waals surface area contributed by atoms with E-state index in [9.17, 15) is 0 Å². The van der Waals surface area contributed by atoms with Crippen molar-refractivity contribution >= 4 is 5.96 Å². The molecule has 2 aliphatic rings. The smallest absolute Gasteiger partial charge is 0.191 e. The lowest BCUT2D eigenvalue weighted by Crippen LogP contribution is -2.47. The zero-order valence-corrected chi connectivity index (χ0v) is 13.4. The van der Waals surface area contributed by atoms with E-state index in [-0.39, 0.29) is 5.41 Å². The van der Waals surface area contributed by atoms with Crippen molar-refractivity contribution in [3.8, 4) is 5.75 Å². The van der Waals surface area contributed by atoms with Gasteiger partial charge in [0.25, 0.3) is 0 Å². The van der Waals surface area contributed by atoms with Crippen LogP contribution in [-0.2, 0) is 10.2 Å². The average molecular weight is 303 g/mol. The number of benzene rings is 1. The molecule has 1 aromatic rings. The Morgan fingerprint density at radius 1 is 1.32 bits per heavy atom. The molecular weight excluding hydrogens is 278 g/mol. The Morgan fingerprint density at radius 3 is 2.64 bits per heavy atom. The van der Waals surface area contributed by atoms with Crippen LogP contribution in [0.25, 0.3) is 0 Å². The van der Waals surface area contributed by atoms with E-state index in [2.05, 4.69) is 34.7 Å². The summed E-state index contributed by atoms with van der Waals surface area (Å²) in [5.74, 6) is 1.82. The first-order valence-electron chi connectivity index (χ1n) is 7.99. The number of rotatable bonds is 4. The van der Waals surface area contributed by atoms with Gasteiger partial charge in [-0.25, -0.2) is 0 Å². The second kappa shape index (κ2) is 6.57. The predicted molar refractivity (Wildman–Crippen MR) is 87.6 cm³/mol. The van der Waals surface area contributed by atoms with Crippen LogP contribution in [0.1, 0.15) is 25.3 Å². The molecule has 120 valence electrons. The largest absolute Gasteiger partial charge is 0.497 e. The highest BCUT2D eigenvalue weighted by atomic mass is 16.5. The molecule has 0 saturated carbocycles. The molecule has 2 heterocycles. The van der Waals surface area contributed by atoms with Gasteiger partial charge >= 0.3 is 0 Å². The van der Waals surface area contributed by atoms with Crippen LogP contribution in [0.4, 0.5) is 0 Å². The second-order valence-electron chi connectivity index (χ2n) is 6.21. The van der Waals surface area contributed by atoms with Gasteiger partial charge < -0.3 is 20.1 Å². The summed E-state index contributed by atoms with van der Waals surface area (Å²) >= 11 is 0. The number of guanidine groups is 1. The maximum Gasteiger partial charge on any atom is 0.191 e. The second-order valence-corrected chi connectivity index (χ2v) is 6.21. The van der Waals surface area contributed by atoms with Crippen molar-refractivity contribution in [3.63, 3.8) is 0 Å². The van der Waals surface area contributed by atoms with Gasteiger partial charge in [0, 0.05) is 31.2 Å². The fourth-order valence-electron chi connectivity index (χ4n) is 3.19. The van der Waals surface area contributed by atoms with Gasteiger partial charge in [0.15, 0.2) is 5.96 Å². The first-order valence-corrected chi connectivity index (χ1v) is 7.99. The zero-order valence-electron chi connectivity index (χ0n) is 13.4. The van der Waals surface area contributed by atoms with E-state index in [0.717, 1.165) is 50.9 Å². The Hall–Kier alpha value is -1.75. The van der Waals surface area contributed by atoms with E-state index in [1.54, 1.807) is 7.11 Å². The van der Waals surface area contributed by atoms with Crippen LogP contribution in [0, 0.1) is 0 Å². The third-order valence-corrected chi connectivity index (χ3v) is 4.65. The van der Waals surface area contributed by atoms with Gasteiger partial charge in [-0.1, -0.05) is 12.1 Å². The Labute approximate surface area is 132 Å². The van der Waals surface area contributed by atoms with Crippen LogP contribution in [0.15, 0.2) is 29.3 Å². The predicted octanol–water partition coefficient (Wildman–Crippen LogP) is 1.68. The molecule has 3 rings (SSSR count). The summed E-state index contributed by atoms with van der Waals surface area (Å²) < 4.78 is 10.9. The summed E-state index contributed by atoms with van der Waals surface area (Å²) in [6.07, 6.45) is 2.05. The highest BCUT2D eigenvalue weighted by Gasteiger charge is 2.35. The number of nitrogens with one attached hydrogen (secondary N) is 2. The van der Waals surface area contributed by atoms with Crippen molar-refractivity contribution in [3.05, 3.63) is 29.8 Å². The van der Waals surface area contributed by atoms with Crippen molar-refractivity contribution in [1.82, 2.24) is 10.6 Å². The molecule has 1 unspecified atom stereocenters. The maximum atomic E-state index is 5.58. The molecule has 2 N–H and O–H groups in total. The third-order valence-electron chi connectivity index (χ3n) is 4.65. The summed E-state index contributed by atoms with van der Waals surface area (Å²) in [6, 6.07) is 8.87. The zero-order chi connectivity index (χ0) is 15.4. The van der Waals surface area contributed by atoms with Gasteiger partial charge in [-0.2, -0.15) is 0 Å². The van der Waals surface area contributed by atoms with E-state index >= 15 is 0 Å². The van der Waals surface area contributed by atoms with E-state index in [1.165, 1.54) is 5.56 Å². The molecule has 0 radical (unpaired) electrons. The summed E-state index contributed by atoms with van der Waals surface area (Å²) in [4.78, 5) is 4.50. The molecule has 1 atom stereocenters. The van der Waals surface area contributed by atoms with Crippen molar-refractivity contribution in [2.75, 3.05) is 33.4 Å². The lowest BCUT2D eigenvalue weighted by Gasteiger charge is -2.38. The molecule has 1 fully saturated rings. The summed E-state index contributed by atoms with van der Waals surface area (Å²) in [6.45, 7) is 5.49. The monoisotopic (exact) mass is 303 g/mol. The molecule has 1 saturated heterocycles. The van der Waals surface area contributed by atoms with Gasteiger partial charge in [0.05, 0.1) is 13.7 Å². The molecule has 0 aromatic heterocycles. The summed E-state index contributed by atoms with van der Waals surface area (Å²) in [7, 11) is 1.70.